The van der Waals surface area contributed by atoms with E-state index in [9.17, 15) is 4.79 Å². The first-order chi connectivity index (χ1) is 13.7. The molecule has 3 rings (SSSR count). The molecule has 2 heterocycles. The van der Waals surface area contributed by atoms with E-state index >= 15 is 0 Å². The zero-order valence-corrected chi connectivity index (χ0v) is 17.4. The Morgan fingerprint density at radius 2 is 2.00 bits per heavy atom. The molecule has 1 saturated heterocycles. The first-order valence-electron chi connectivity index (χ1n) is 9.49. The zero-order valence-electron chi connectivity index (χ0n) is 15.8. The van der Waals surface area contributed by atoms with Gasteiger partial charge in [0, 0.05) is 36.8 Å². The van der Waals surface area contributed by atoms with Crippen molar-refractivity contribution in [1.29, 1.82) is 0 Å². The summed E-state index contributed by atoms with van der Waals surface area (Å²) in [4.78, 5) is 18.6. The first kappa shape index (κ1) is 20.6. The van der Waals surface area contributed by atoms with Crippen molar-refractivity contribution >= 4 is 40.2 Å². The Morgan fingerprint density at radius 1 is 1.21 bits per heavy atom. The minimum atomic E-state index is -0.0396. The number of pyridine rings is 1. The molecule has 2 aromatic rings. The summed E-state index contributed by atoms with van der Waals surface area (Å²) in [7, 11) is 0. The lowest BCUT2D eigenvalue weighted by atomic mass is 10.1. The lowest BCUT2D eigenvalue weighted by Gasteiger charge is -2.17. The quantitative estimate of drug-likeness (QED) is 0.267. The third-order valence-corrected chi connectivity index (χ3v) is 6.01. The van der Waals surface area contributed by atoms with Crippen LogP contribution in [0.2, 0.25) is 0 Å². The number of allylic oxidation sites excluding steroid dienone is 1. The summed E-state index contributed by atoms with van der Waals surface area (Å²) in [6.07, 6.45) is 10.2. The van der Waals surface area contributed by atoms with Crippen LogP contribution in [0.1, 0.15) is 35.2 Å². The minimum Gasteiger partial charge on any atom is -0.494 e. The molecule has 0 unspecified atom stereocenters. The Bertz CT molecular complexity index is 801. The molecule has 6 heteroatoms. The number of hydrogen-bond donors (Lipinski definition) is 0. The van der Waals surface area contributed by atoms with E-state index in [1.54, 1.807) is 48.4 Å². The van der Waals surface area contributed by atoms with Gasteiger partial charge in [0.1, 0.15) is 10.1 Å². The van der Waals surface area contributed by atoms with Gasteiger partial charge in [-0.1, -0.05) is 30.0 Å². The summed E-state index contributed by atoms with van der Waals surface area (Å²) in [5.41, 5.74) is 1.54. The number of thioether (sulfide) groups is 1. The molecular weight excluding hydrogens is 388 g/mol. The van der Waals surface area contributed by atoms with Gasteiger partial charge in [-0.3, -0.25) is 9.78 Å². The highest BCUT2D eigenvalue weighted by Gasteiger charge is 2.14. The fraction of sp³-hybridized carbons (Fsp3) is 0.318. The van der Waals surface area contributed by atoms with Crippen molar-refractivity contribution in [3.05, 3.63) is 66.0 Å². The van der Waals surface area contributed by atoms with Gasteiger partial charge in [0.2, 0.25) is 0 Å². The van der Waals surface area contributed by atoms with E-state index in [-0.39, 0.29) is 5.78 Å². The molecule has 0 bridgehead atoms. The molecule has 1 aliphatic heterocycles. The molecule has 0 atom stereocenters. The molecule has 0 N–H and O–H groups in total. The molecule has 4 nitrogen and oxygen atoms in total. The molecule has 0 aliphatic carbocycles. The van der Waals surface area contributed by atoms with Gasteiger partial charge in [-0.2, -0.15) is 0 Å². The number of benzene rings is 1. The number of hydrogen-bond acceptors (Lipinski definition) is 5. The smallest absolute Gasteiger partial charge is 0.185 e. The van der Waals surface area contributed by atoms with E-state index in [1.165, 1.54) is 12.8 Å². The van der Waals surface area contributed by atoms with E-state index in [0.717, 1.165) is 40.9 Å². The van der Waals surface area contributed by atoms with Crippen LogP contribution in [0.3, 0.4) is 0 Å². The van der Waals surface area contributed by atoms with Gasteiger partial charge in [-0.15, -0.1) is 0 Å². The summed E-state index contributed by atoms with van der Waals surface area (Å²) in [6, 6.07) is 11.0. The SMILES string of the molecule is O=C(/C=C/c1cccnc1)c1ccc(OCCCSC(=S)N2CCCC2)cc1. The predicted molar refractivity (Wildman–Crippen MR) is 120 cm³/mol. The van der Waals surface area contributed by atoms with E-state index in [0.29, 0.717) is 12.2 Å². The van der Waals surface area contributed by atoms with Gasteiger partial charge in [0.05, 0.1) is 6.61 Å². The second-order valence-electron chi connectivity index (χ2n) is 6.52. The zero-order chi connectivity index (χ0) is 19.6. The number of ketones is 1. The van der Waals surface area contributed by atoms with Crippen molar-refractivity contribution in [2.45, 2.75) is 19.3 Å². The standard InChI is InChI=1S/C22H24N2O2S2/c25-21(11-6-18-5-3-12-23-17-18)19-7-9-20(10-8-19)26-15-4-16-28-22(27)24-13-1-2-14-24/h3,5-12,17H,1-2,4,13-16H2/b11-6+. The maximum Gasteiger partial charge on any atom is 0.185 e. The van der Waals surface area contributed by atoms with E-state index in [4.69, 9.17) is 17.0 Å². The van der Waals surface area contributed by atoms with Crippen LogP contribution >= 0.6 is 24.0 Å². The number of carbonyl (C=O) groups excluding carboxylic acids is 1. The molecule has 1 aromatic carbocycles. The Kier molecular flexibility index (Phi) is 8.06. The Balaban J connectivity index is 1.37. The molecule has 1 aliphatic rings. The van der Waals surface area contributed by atoms with Crippen molar-refractivity contribution < 1.29 is 9.53 Å². The molecule has 28 heavy (non-hydrogen) atoms. The van der Waals surface area contributed by atoms with E-state index in [1.807, 2.05) is 24.3 Å². The van der Waals surface area contributed by atoms with Gasteiger partial charge < -0.3 is 9.64 Å². The maximum absolute atomic E-state index is 12.2. The van der Waals surface area contributed by atoms with Gasteiger partial charge in [-0.05, 0) is 67.3 Å². The maximum atomic E-state index is 12.2. The van der Waals surface area contributed by atoms with Gasteiger partial charge in [-0.25, -0.2) is 0 Å². The van der Waals surface area contributed by atoms with Gasteiger partial charge in [0.25, 0.3) is 0 Å². The van der Waals surface area contributed by atoms with E-state index in [2.05, 4.69) is 9.88 Å². The van der Waals surface area contributed by atoms with Crippen molar-refractivity contribution in [2.75, 3.05) is 25.4 Å². The van der Waals surface area contributed by atoms with Crippen molar-refractivity contribution in [1.82, 2.24) is 9.88 Å². The molecule has 146 valence electrons. The van der Waals surface area contributed by atoms with Crippen LogP contribution in [0.25, 0.3) is 6.08 Å². The van der Waals surface area contributed by atoms with Crippen molar-refractivity contribution in [3.63, 3.8) is 0 Å². The average molecular weight is 413 g/mol. The summed E-state index contributed by atoms with van der Waals surface area (Å²) < 4.78 is 6.78. The molecule has 0 amide bonds. The normalized spacial score (nSPS) is 13.8. The lowest BCUT2D eigenvalue weighted by Crippen LogP contribution is -2.23. The number of nitrogens with zero attached hydrogens (tertiary/aromatic N) is 2. The number of likely N-dealkylation sites (tertiary alicyclic amines) is 1. The number of ether oxygens (including phenoxy) is 1. The summed E-state index contributed by atoms with van der Waals surface area (Å²) >= 11 is 7.19. The van der Waals surface area contributed by atoms with Crippen LogP contribution < -0.4 is 4.74 Å². The highest BCUT2D eigenvalue weighted by molar-refractivity contribution is 8.22. The highest BCUT2D eigenvalue weighted by atomic mass is 32.2. The monoisotopic (exact) mass is 412 g/mol. The molecule has 0 radical (unpaired) electrons. The molecule has 0 spiro atoms. The van der Waals surface area contributed by atoms with Gasteiger partial charge in [0.15, 0.2) is 5.78 Å². The molecular formula is C22H24N2O2S2. The number of thiocarbonyl (C=S) groups is 1. The molecule has 0 saturated carbocycles. The Morgan fingerprint density at radius 3 is 2.71 bits per heavy atom. The van der Waals surface area contributed by atoms with Crippen molar-refractivity contribution in [2.24, 2.45) is 0 Å². The van der Waals surface area contributed by atoms with Crippen LogP contribution in [0.5, 0.6) is 5.75 Å². The second kappa shape index (κ2) is 11.0. The fourth-order valence-corrected chi connectivity index (χ4v) is 4.09. The van der Waals surface area contributed by atoms with Gasteiger partial charge >= 0.3 is 0 Å². The first-order valence-corrected chi connectivity index (χ1v) is 10.9. The fourth-order valence-electron chi connectivity index (χ4n) is 2.86. The summed E-state index contributed by atoms with van der Waals surface area (Å²) in [5, 5.41) is 0. The van der Waals surface area contributed by atoms with Crippen LogP contribution in [0.4, 0.5) is 0 Å². The van der Waals surface area contributed by atoms with Crippen LogP contribution in [-0.4, -0.2) is 45.4 Å². The topological polar surface area (TPSA) is 42.4 Å². The summed E-state index contributed by atoms with van der Waals surface area (Å²) in [6.45, 7) is 2.85. The molecule has 1 aromatic heterocycles. The number of aromatic nitrogens is 1. The minimum absolute atomic E-state index is 0.0396. The highest BCUT2D eigenvalue weighted by Crippen LogP contribution is 2.18. The Labute approximate surface area is 176 Å². The largest absolute Gasteiger partial charge is 0.494 e. The van der Waals surface area contributed by atoms with Crippen LogP contribution in [-0.2, 0) is 0 Å². The number of rotatable bonds is 8. The Hall–Kier alpha value is -2.18. The average Bonchev–Trinajstić information content (AvgIpc) is 3.28. The third kappa shape index (κ3) is 6.46. The lowest BCUT2D eigenvalue weighted by molar-refractivity contribution is 0.104. The summed E-state index contributed by atoms with van der Waals surface area (Å²) in [5.74, 6) is 1.70. The third-order valence-electron chi connectivity index (χ3n) is 4.40. The van der Waals surface area contributed by atoms with Crippen molar-refractivity contribution in [3.8, 4) is 5.75 Å². The molecule has 1 fully saturated rings. The number of carbonyl (C=O) groups is 1. The van der Waals surface area contributed by atoms with Crippen LogP contribution in [0.15, 0.2) is 54.9 Å². The predicted octanol–water partition coefficient (Wildman–Crippen LogP) is 4.86. The second-order valence-corrected chi connectivity index (χ2v) is 8.25. The van der Waals surface area contributed by atoms with E-state index < -0.39 is 0 Å². The van der Waals surface area contributed by atoms with Crippen LogP contribution in [0, 0.1) is 0 Å².